The van der Waals surface area contributed by atoms with Crippen molar-refractivity contribution in [1.29, 1.82) is 0 Å². The molecule has 0 saturated heterocycles. The van der Waals surface area contributed by atoms with Gasteiger partial charge in [-0.3, -0.25) is 9.59 Å². The summed E-state index contributed by atoms with van der Waals surface area (Å²) in [5.41, 5.74) is 0.153. The van der Waals surface area contributed by atoms with Crippen LogP contribution in [0.1, 0.15) is 62.9 Å². The molecule has 1 heterocycles. The molecule has 0 aromatic carbocycles. The zero-order valence-corrected chi connectivity index (χ0v) is 13.5. The Morgan fingerprint density at radius 2 is 1.67 bits per heavy atom. The van der Waals surface area contributed by atoms with Crippen molar-refractivity contribution < 1.29 is 4.79 Å². The first kappa shape index (κ1) is 17.4. The van der Waals surface area contributed by atoms with Gasteiger partial charge < -0.3 is 4.90 Å². The number of aryl methyl sites for hydroxylation is 1. The highest BCUT2D eigenvalue weighted by atomic mass is 16.2. The van der Waals surface area contributed by atoms with Crippen LogP contribution in [0.4, 0.5) is 0 Å². The molecule has 5 nitrogen and oxygen atoms in total. The van der Waals surface area contributed by atoms with E-state index < -0.39 is 0 Å². The third-order valence-electron chi connectivity index (χ3n) is 3.53. The number of carbonyl (C=O) groups excluding carboxylic acids is 1. The minimum atomic E-state index is -0.199. The number of nitrogens with zero attached hydrogens (tertiary/aromatic N) is 3. The van der Waals surface area contributed by atoms with Crippen LogP contribution in [0.5, 0.6) is 0 Å². The van der Waals surface area contributed by atoms with Crippen LogP contribution >= 0.6 is 0 Å². The van der Waals surface area contributed by atoms with Gasteiger partial charge in [-0.2, -0.15) is 5.10 Å². The van der Waals surface area contributed by atoms with Gasteiger partial charge in [0.2, 0.25) is 0 Å². The number of rotatable bonds is 9. The molecule has 0 aliphatic rings. The molecule has 0 aliphatic carbocycles. The number of hydrogen-bond donors (Lipinski definition) is 0. The van der Waals surface area contributed by atoms with Crippen molar-refractivity contribution >= 4 is 5.91 Å². The van der Waals surface area contributed by atoms with Crippen molar-refractivity contribution in [3.05, 3.63) is 28.2 Å². The van der Waals surface area contributed by atoms with Crippen molar-refractivity contribution in [1.82, 2.24) is 14.7 Å². The van der Waals surface area contributed by atoms with Gasteiger partial charge in [0.25, 0.3) is 11.5 Å². The van der Waals surface area contributed by atoms with E-state index >= 15 is 0 Å². The fraction of sp³-hybridized carbons (Fsp3) is 0.688. The quantitative estimate of drug-likeness (QED) is 0.658. The lowest BCUT2D eigenvalue weighted by atomic mass is 10.2. The van der Waals surface area contributed by atoms with Gasteiger partial charge in [0, 0.05) is 26.2 Å². The Bertz CT molecular complexity index is 487. The van der Waals surface area contributed by atoms with Crippen LogP contribution in [0.15, 0.2) is 16.9 Å². The maximum atomic E-state index is 12.5. The zero-order valence-electron chi connectivity index (χ0n) is 13.5. The van der Waals surface area contributed by atoms with Crippen molar-refractivity contribution in [2.24, 2.45) is 7.05 Å². The van der Waals surface area contributed by atoms with E-state index in [4.69, 9.17) is 0 Å². The normalized spacial score (nSPS) is 10.6. The SMILES string of the molecule is CCCCCN(CCCCC)C(=O)c1ccc(=O)n(C)n1. The van der Waals surface area contributed by atoms with E-state index in [9.17, 15) is 9.59 Å². The van der Waals surface area contributed by atoms with Crippen LogP contribution in [-0.2, 0) is 7.05 Å². The Hall–Kier alpha value is -1.65. The predicted molar refractivity (Wildman–Crippen MR) is 84.4 cm³/mol. The summed E-state index contributed by atoms with van der Waals surface area (Å²) in [6.45, 7) is 5.83. The van der Waals surface area contributed by atoms with E-state index in [1.807, 2.05) is 4.90 Å². The van der Waals surface area contributed by atoms with Gasteiger partial charge in [0.1, 0.15) is 5.69 Å². The topological polar surface area (TPSA) is 55.2 Å². The summed E-state index contributed by atoms with van der Waals surface area (Å²) in [7, 11) is 1.57. The van der Waals surface area contributed by atoms with Crippen molar-refractivity contribution in [2.45, 2.75) is 52.4 Å². The van der Waals surface area contributed by atoms with Gasteiger partial charge in [-0.25, -0.2) is 4.68 Å². The number of carbonyl (C=O) groups is 1. The molecule has 0 atom stereocenters. The van der Waals surface area contributed by atoms with Gasteiger partial charge in [0.15, 0.2) is 0 Å². The van der Waals surface area contributed by atoms with E-state index in [1.165, 1.54) is 16.8 Å². The molecule has 21 heavy (non-hydrogen) atoms. The van der Waals surface area contributed by atoms with Crippen LogP contribution in [0.25, 0.3) is 0 Å². The summed E-state index contributed by atoms with van der Waals surface area (Å²) in [6, 6.07) is 2.92. The first-order valence-corrected chi connectivity index (χ1v) is 7.93. The van der Waals surface area contributed by atoms with E-state index in [2.05, 4.69) is 18.9 Å². The standard InChI is InChI=1S/C16H27N3O2/c1-4-6-8-12-19(13-9-7-5-2)16(21)14-10-11-15(20)18(3)17-14/h10-11H,4-9,12-13H2,1-3H3. The smallest absolute Gasteiger partial charge is 0.274 e. The van der Waals surface area contributed by atoms with Gasteiger partial charge in [0.05, 0.1) is 0 Å². The van der Waals surface area contributed by atoms with Gasteiger partial charge in [-0.05, 0) is 18.9 Å². The highest BCUT2D eigenvalue weighted by Crippen LogP contribution is 2.07. The predicted octanol–water partition coefficient (Wildman–Crippen LogP) is 2.60. The molecular weight excluding hydrogens is 266 g/mol. The number of amides is 1. The molecule has 0 saturated carbocycles. The second-order valence-corrected chi connectivity index (χ2v) is 5.39. The molecule has 1 amide bonds. The molecule has 0 unspecified atom stereocenters. The summed E-state index contributed by atoms with van der Waals surface area (Å²) in [5, 5.41) is 4.06. The molecule has 0 fully saturated rings. The molecule has 1 aromatic heterocycles. The first-order valence-electron chi connectivity index (χ1n) is 7.93. The highest BCUT2D eigenvalue weighted by molar-refractivity contribution is 5.92. The molecule has 0 bridgehead atoms. The van der Waals surface area contributed by atoms with E-state index in [1.54, 1.807) is 7.05 Å². The number of aromatic nitrogens is 2. The van der Waals surface area contributed by atoms with E-state index in [0.29, 0.717) is 5.69 Å². The lowest BCUT2D eigenvalue weighted by Gasteiger charge is -2.22. The van der Waals surface area contributed by atoms with Crippen LogP contribution < -0.4 is 5.56 Å². The highest BCUT2D eigenvalue weighted by Gasteiger charge is 2.17. The Morgan fingerprint density at radius 3 is 2.14 bits per heavy atom. The van der Waals surface area contributed by atoms with E-state index in [-0.39, 0.29) is 11.5 Å². The lowest BCUT2D eigenvalue weighted by Crippen LogP contribution is -2.35. The lowest BCUT2D eigenvalue weighted by molar-refractivity contribution is 0.0741. The molecule has 0 radical (unpaired) electrons. The Kier molecular flexibility index (Phi) is 7.72. The summed E-state index contributed by atoms with van der Waals surface area (Å²) in [4.78, 5) is 25.8. The second-order valence-electron chi connectivity index (χ2n) is 5.39. The zero-order chi connectivity index (χ0) is 15.7. The number of unbranched alkanes of at least 4 members (excludes halogenated alkanes) is 4. The third kappa shape index (κ3) is 5.69. The molecular formula is C16H27N3O2. The Morgan fingerprint density at radius 1 is 1.10 bits per heavy atom. The first-order chi connectivity index (χ1) is 10.1. The summed E-state index contributed by atoms with van der Waals surface area (Å²) in [5.74, 6) is -0.0715. The van der Waals surface area contributed by atoms with E-state index in [0.717, 1.165) is 51.6 Å². The number of hydrogen-bond acceptors (Lipinski definition) is 3. The third-order valence-corrected chi connectivity index (χ3v) is 3.53. The average molecular weight is 293 g/mol. The molecule has 1 rings (SSSR count). The summed E-state index contributed by atoms with van der Waals surface area (Å²) in [6.07, 6.45) is 6.54. The molecule has 0 spiro atoms. The Labute approximate surface area is 127 Å². The maximum Gasteiger partial charge on any atom is 0.274 e. The van der Waals surface area contributed by atoms with Gasteiger partial charge >= 0.3 is 0 Å². The van der Waals surface area contributed by atoms with Crippen LogP contribution in [-0.4, -0.2) is 33.7 Å². The van der Waals surface area contributed by atoms with Crippen LogP contribution in [0, 0.1) is 0 Å². The minimum absolute atomic E-state index is 0.0715. The molecule has 118 valence electrons. The second kappa shape index (κ2) is 9.32. The largest absolute Gasteiger partial charge is 0.337 e. The van der Waals surface area contributed by atoms with Gasteiger partial charge in [-0.15, -0.1) is 0 Å². The maximum absolute atomic E-state index is 12.5. The molecule has 5 heteroatoms. The average Bonchev–Trinajstić information content (AvgIpc) is 2.48. The fourth-order valence-corrected chi connectivity index (χ4v) is 2.20. The molecule has 0 N–H and O–H groups in total. The van der Waals surface area contributed by atoms with Gasteiger partial charge in [-0.1, -0.05) is 39.5 Å². The summed E-state index contributed by atoms with van der Waals surface area (Å²) < 4.78 is 1.21. The van der Waals surface area contributed by atoms with Crippen molar-refractivity contribution in [2.75, 3.05) is 13.1 Å². The molecule has 0 aliphatic heterocycles. The molecule has 1 aromatic rings. The Balaban J connectivity index is 2.76. The summed E-state index contributed by atoms with van der Waals surface area (Å²) >= 11 is 0. The monoisotopic (exact) mass is 293 g/mol. The van der Waals surface area contributed by atoms with Crippen molar-refractivity contribution in [3.63, 3.8) is 0 Å². The fourth-order valence-electron chi connectivity index (χ4n) is 2.20. The van der Waals surface area contributed by atoms with Crippen LogP contribution in [0.3, 0.4) is 0 Å². The minimum Gasteiger partial charge on any atom is -0.337 e. The van der Waals surface area contributed by atoms with Crippen molar-refractivity contribution in [3.8, 4) is 0 Å². The van der Waals surface area contributed by atoms with Crippen LogP contribution in [0.2, 0.25) is 0 Å².